The Balaban J connectivity index is 1.87. The first-order valence-electron chi connectivity index (χ1n) is 7.91. The Kier molecular flexibility index (Phi) is 6.65. The van der Waals surface area contributed by atoms with Gasteiger partial charge in [-0.2, -0.15) is 5.10 Å². The number of nitro groups is 1. The molecule has 1 N–H and O–H groups in total. The number of benzene rings is 2. The number of ether oxygens (including phenoxy) is 1. The number of rotatable bonds is 8. The lowest BCUT2D eigenvalue weighted by Gasteiger charge is -2.05. The maximum Gasteiger partial charge on any atom is 0.271 e. The number of nitrogens with one attached hydrogen (secondary N) is 1. The highest BCUT2D eigenvalue weighted by Gasteiger charge is 2.08. The Morgan fingerprint density at radius 3 is 2.48 bits per heavy atom. The Bertz CT molecular complexity index is 740. The van der Waals surface area contributed by atoms with Crippen LogP contribution in [0.1, 0.15) is 35.7 Å². The quantitative estimate of drug-likeness (QED) is 0.344. The van der Waals surface area contributed by atoms with Crippen LogP contribution in [0.4, 0.5) is 5.69 Å². The van der Waals surface area contributed by atoms with Gasteiger partial charge in [-0.3, -0.25) is 14.9 Å². The summed E-state index contributed by atoms with van der Waals surface area (Å²) < 4.78 is 5.57. The average Bonchev–Trinajstić information content (AvgIpc) is 2.63. The predicted octanol–water partition coefficient (Wildman–Crippen LogP) is 3.54. The molecule has 2 aromatic carbocycles. The molecule has 25 heavy (non-hydrogen) atoms. The number of hydrazone groups is 1. The summed E-state index contributed by atoms with van der Waals surface area (Å²) in [7, 11) is 0. The molecule has 0 spiro atoms. The van der Waals surface area contributed by atoms with Crippen LogP contribution >= 0.6 is 0 Å². The number of carbonyl (C=O) groups is 1. The van der Waals surface area contributed by atoms with Crippen LogP contribution in [0.15, 0.2) is 53.6 Å². The van der Waals surface area contributed by atoms with E-state index in [9.17, 15) is 14.9 Å². The first kappa shape index (κ1) is 18.1. The van der Waals surface area contributed by atoms with Gasteiger partial charge in [0.25, 0.3) is 11.6 Å². The summed E-state index contributed by atoms with van der Waals surface area (Å²) in [5.74, 6) is 0.353. The van der Waals surface area contributed by atoms with Gasteiger partial charge in [0.05, 0.1) is 17.7 Å². The van der Waals surface area contributed by atoms with Crippen molar-refractivity contribution in [2.75, 3.05) is 6.61 Å². The van der Waals surface area contributed by atoms with Crippen molar-refractivity contribution in [2.24, 2.45) is 5.10 Å². The molecule has 0 saturated carbocycles. The van der Waals surface area contributed by atoms with Gasteiger partial charge in [-0.25, -0.2) is 5.43 Å². The lowest BCUT2D eigenvalue weighted by Crippen LogP contribution is -2.17. The van der Waals surface area contributed by atoms with E-state index in [1.165, 1.54) is 30.5 Å². The minimum absolute atomic E-state index is 0.0682. The lowest BCUT2D eigenvalue weighted by molar-refractivity contribution is -0.384. The molecule has 0 aliphatic carbocycles. The van der Waals surface area contributed by atoms with Crippen molar-refractivity contribution < 1.29 is 14.5 Å². The van der Waals surface area contributed by atoms with Gasteiger partial charge in [0.2, 0.25) is 0 Å². The average molecular weight is 341 g/mol. The van der Waals surface area contributed by atoms with Crippen molar-refractivity contribution in [2.45, 2.75) is 19.8 Å². The summed E-state index contributed by atoms with van der Waals surface area (Å²) in [6, 6.07) is 12.7. The van der Waals surface area contributed by atoms with E-state index >= 15 is 0 Å². The molecule has 0 unspecified atom stereocenters. The topological polar surface area (TPSA) is 93.8 Å². The molecular weight excluding hydrogens is 322 g/mol. The second-order valence-corrected chi connectivity index (χ2v) is 5.27. The van der Waals surface area contributed by atoms with Crippen LogP contribution < -0.4 is 10.2 Å². The highest BCUT2D eigenvalue weighted by molar-refractivity contribution is 5.95. The fourth-order valence-electron chi connectivity index (χ4n) is 1.95. The minimum atomic E-state index is -0.518. The molecule has 130 valence electrons. The Morgan fingerprint density at radius 2 is 1.88 bits per heavy atom. The third-order valence-electron chi connectivity index (χ3n) is 3.37. The molecule has 0 heterocycles. The summed E-state index contributed by atoms with van der Waals surface area (Å²) in [5.41, 5.74) is 3.42. The molecule has 0 aliphatic rings. The van der Waals surface area contributed by atoms with Gasteiger partial charge in [0, 0.05) is 17.7 Å². The zero-order chi connectivity index (χ0) is 18.1. The number of nitrogens with zero attached hydrogens (tertiary/aromatic N) is 2. The minimum Gasteiger partial charge on any atom is -0.494 e. The molecular formula is C18H19N3O4. The van der Waals surface area contributed by atoms with Crippen molar-refractivity contribution in [1.29, 1.82) is 0 Å². The number of hydrogen-bond acceptors (Lipinski definition) is 5. The first-order valence-corrected chi connectivity index (χ1v) is 7.91. The van der Waals surface area contributed by atoms with Gasteiger partial charge in [-0.15, -0.1) is 0 Å². The normalized spacial score (nSPS) is 10.6. The first-order chi connectivity index (χ1) is 12.1. The number of carbonyl (C=O) groups excluding carboxylic acids is 1. The molecule has 0 saturated heterocycles. The Labute approximate surface area is 145 Å². The van der Waals surface area contributed by atoms with Gasteiger partial charge in [-0.05, 0) is 48.4 Å². The van der Waals surface area contributed by atoms with E-state index in [1.807, 2.05) is 24.3 Å². The second-order valence-electron chi connectivity index (χ2n) is 5.27. The SMILES string of the molecule is CCCCOc1ccc(C=NNC(=O)c2ccc([N+](=O)[O-])cc2)cc1. The zero-order valence-electron chi connectivity index (χ0n) is 13.8. The maximum atomic E-state index is 11.9. The summed E-state index contributed by atoms with van der Waals surface area (Å²) in [6.45, 7) is 2.79. The molecule has 2 rings (SSSR count). The van der Waals surface area contributed by atoms with Crippen LogP contribution in [-0.4, -0.2) is 23.7 Å². The highest BCUT2D eigenvalue weighted by Crippen LogP contribution is 2.12. The Hall–Kier alpha value is -3.22. The third kappa shape index (κ3) is 5.72. The molecule has 0 fully saturated rings. The van der Waals surface area contributed by atoms with E-state index in [2.05, 4.69) is 17.5 Å². The van der Waals surface area contributed by atoms with Gasteiger partial charge >= 0.3 is 0 Å². The van der Waals surface area contributed by atoms with E-state index < -0.39 is 10.8 Å². The number of unbranched alkanes of at least 4 members (excludes halogenated alkanes) is 1. The van der Waals surface area contributed by atoms with E-state index in [0.717, 1.165) is 24.2 Å². The van der Waals surface area contributed by atoms with Crippen molar-refractivity contribution in [3.05, 3.63) is 69.8 Å². The molecule has 7 nitrogen and oxygen atoms in total. The molecule has 7 heteroatoms. The van der Waals surface area contributed by atoms with Gasteiger partial charge in [0.1, 0.15) is 5.75 Å². The molecule has 1 amide bonds. The van der Waals surface area contributed by atoms with Crippen molar-refractivity contribution in [1.82, 2.24) is 5.43 Å². The molecule has 2 aromatic rings. The summed E-state index contributed by atoms with van der Waals surface area (Å²) >= 11 is 0. The van der Waals surface area contributed by atoms with Crippen molar-refractivity contribution >= 4 is 17.8 Å². The highest BCUT2D eigenvalue weighted by atomic mass is 16.6. The van der Waals surface area contributed by atoms with Gasteiger partial charge in [-0.1, -0.05) is 13.3 Å². The maximum absolute atomic E-state index is 11.9. The van der Waals surface area contributed by atoms with Crippen LogP contribution in [0, 0.1) is 10.1 Å². The number of nitro benzene ring substituents is 1. The smallest absolute Gasteiger partial charge is 0.271 e. The van der Waals surface area contributed by atoms with Crippen LogP contribution in [0.5, 0.6) is 5.75 Å². The third-order valence-corrected chi connectivity index (χ3v) is 3.37. The van der Waals surface area contributed by atoms with Gasteiger partial charge in [0.15, 0.2) is 0 Å². The molecule has 0 radical (unpaired) electrons. The molecule has 0 bridgehead atoms. The molecule has 0 atom stereocenters. The number of non-ortho nitro benzene ring substituents is 1. The monoisotopic (exact) mass is 341 g/mol. The van der Waals surface area contributed by atoms with Crippen LogP contribution in [0.3, 0.4) is 0 Å². The van der Waals surface area contributed by atoms with Crippen LogP contribution in [-0.2, 0) is 0 Å². The van der Waals surface area contributed by atoms with Crippen molar-refractivity contribution in [3.63, 3.8) is 0 Å². The van der Waals surface area contributed by atoms with Crippen LogP contribution in [0.25, 0.3) is 0 Å². The largest absolute Gasteiger partial charge is 0.494 e. The number of hydrogen-bond donors (Lipinski definition) is 1. The standard InChI is InChI=1S/C18H19N3O4/c1-2-3-12-25-17-10-4-14(5-11-17)13-19-20-18(22)15-6-8-16(9-7-15)21(23)24/h4-11,13H,2-3,12H2,1H3,(H,20,22). The Morgan fingerprint density at radius 1 is 1.20 bits per heavy atom. The predicted molar refractivity (Wildman–Crippen MR) is 95.0 cm³/mol. The lowest BCUT2D eigenvalue weighted by atomic mass is 10.2. The van der Waals surface area contributed by atoms with Gasteiger partial charge < -0.3 is 4.74 Å². The zero-order valence-corrected chi connectivity index (χ0v) is 13.8. The molecule has 0 aliphatic heterocycles. The van der Waals surface area contributed by atoms with Crippen molar-refractivity contribution in [3.8, 4) is 5.75 Å². The van der Waals surface area contributed by atoms with Crippen LogP contribution in [0.2, 0.25) is 0 Å². The van der Waals surface area contributed by atoms with E-state index in [0.29, 0.717) is 12.2 Å². The second kappa shape index (κ2) is 9.17. The summed E-state index contributed by atoms with van der Waals surface area (Å²) in [6.07, 6.45) is 3.61. The number of amides is 1. The van der Waals surface area contributed by atoms with E-state index in [-0.39, 0.29) is 5.69 Å². The summed E-state index contributed by atoms with van der Waals surface area (Å²) in [5, 5.41) is 14.5. The summed E-state index contributed by atoms with van der Waals surface area (Å²) in [4.78, 5) is 22.0. The fourth-order valence-corrected chi connectivity index (χ4v) is 1.95. The fraction of sp³-hybridized carbons (Fsp3) is 0.222. The molecule has 0 aromatic heterocycles. The van der Waals surface area contributed by atoms with E-state index in [1.54, 1.807) is 0 Å². The van der Waals surface area contributed by atoms with E-state index in [4.69, 9.17) is 4.74 Å².